The Balaban J connectivity index is 1.58. The van der Waals surface area contributed by atoms with Gasteiger partial charge in [-0.25, -0.2) is 9.78 Å². The maximum absolute atomic E-state index is 13.2. The molecule has 0 saturated carbocycles. The molecule has 2 N–H and O–H groups in total. The minimum Gasteiger partial charge on any atom is -0.389 e. The van der Waals surface area contributed by atoms with Crippen molar-refractivity contribution in [1.29, 1.82) is 0 Å². The van der Waals surface area contributed by atoms with Crippen molar-refractivity contribution in [2.24, 2.45) is 0 Å². The van der Waals surface area contributed by atoms with Gasteiger partial charge in [-0.3, -0.25) is 14.5 Å². The second-order valence-corrected chi connectivity index (χ2v) is 7.95. The van der Waals surface area contributed by atoms with Crippen molar-refractivity contribution < 1.29 is 18.7 Å². The Morgan fingerprint density at radius 1 is 1.29 bits per heavy atom. The van der Waals surface area contributed by atoms with E-state index in [2.05, 4.69) is 37.4 Å². The third-order valence-corrected chi connectivity index (χ3v) is 5.68. The van der Waals surface area contributed by atoms with Gasteiger partial charge in [0.05, 0.1) is 11.5 Å². The van der Waals surface area contributed by atoms with Crippen LogP contribution in [0.4, 0.5) is 5.82 Å². The number of ether oxygens (including phenoxy) is 1. The number of nitrogens with one attached hydrogen (secondary N) is 2. The zero-order valence-electron chi connectivity index (χ0n) is 17.5. The topological polar surface area (TPSA) is 130 Å². The van der Waals surface area contributed by atoms with Crippen LogP contribution in [0.5, 0.6) is 0 Å². The van der Waals surface area contributed by atoms with Gasteiger partial charge in [-0.05, 0) is 26.1 Å². The van der Waals surface area contributed by atoms with Gasteiger partial charge in [0, 0.05) is 38.9 Å². The van der Waals surface area contributed by atoms with E-state index >= 15 is 0 Å². The molecule has 4 rings (SSSR count). The Morgan fingerprint density at radius 2 is 2.06 bits per heavy atom. The number of aromatic nitrogens is 2. The van der Waals surface area contributed by atoms with E-state index in [1.807, 2.05) is 0 Å². The molecule has 0 bridgehead atoms. The maximum atomic E-state index is 13.2. The average Bonchev–Trinajstić information content (AvgIpc) is 3.06. The van der Waals surface area contributed by atoms with Crippen LogP contribution in [-0.4, -0.2) is 96.0 Å². The number of nitrogens with zero attached hydrogens (tertiary/aromatic N) is 4. The highest BCUT2D eigenvalue weighted by molar-refractivity contribution is 5.95. The first kappa shape index (κ1) is 21.3. The van der Waals surface area contributed by atoms with Gasteiger partial charge in [0.15, 0.2) is 5.78 Å². The van der Waals surface area contributed by atoms with Gasteiger partial charge in [-0.15, -0.1) is 0 Å². The first-order valence-electron chi connectivity index (χ1n) is 10.3. The van der Waals surface area contributed by atoms with Crippen LogP contribution in [0.1, 0.15) is 6.92 Å². The van der Waals surface area contributed by atoms with E-state index < -0.39 is 23.9 Å². The van der Waals surface area contributed by atoms with E-state index in [-0.39, 0.29) is 29.8 Å². The Kier molecular flexibility index (Phi) is 6.25. The molecule has 2 saturated heterocycles. The Bertz CT molecular complexity index is 1020. The molecule has 2 aromatic rings. The van der Waals surface area contributed by atoms with Crippen molar-refractivity contribution in [3.05, 3.63) is 28.9 Å². The molecular weight excluding hydrogens is 404 g/mol. The number of anilines is 1. The molecule has 2 aromatic heterocycles. The first-order valence-corrected chi connectivity index (χ1v) is 10.3. The summed E-state index contributed by atoms with van der Waals surface area (Å²) < 4.78 is 10.4. The Hall–Kier alpha value is -2.89. The SMILES string of the molecule is CC1OCC(=O)C1NC(=O)C(CN1CCN(C)CC1)Nc1nc(=O)oc2ncccc12. The van der Waals surface area contributed by atoms with E-state index in [0.717, 1.165) is 26.2 Å². The van der Waals surface area contributed by atoms with Gasteiger partial charge >= 0.3 is 5.76 Å². The molecule has 166 valence electrons. The monoisotopic (exact) mass is 430 g/mol. The molecule has 2 fully saturated rings. The zero-order chi connectivity index (χ0) is 22.0. The van der Waals surface area contributed by atoms with Crippen LogP contribution in [-0.2, 0) is 14.3 Å². The van der Waals surface area contributed by atoms with Crippen LogP contribution in [0, 0.1) is 0 Å². The number of likely N-dealkylation sites (N-methyl/N-ethyl adjacent to an activating group) is 1. The van der Waals surface area contributed by atoms with E-state index in [9.17, 15) is 14.4 Å². The largest absolute Gasteiger partial charge is 0.442 e. The minimum absolute atomic E-state index is 0.0136. The number of fused-ring (bicyclic) bond motifs is 1. The summed E-state index contributed by atoms with van der Waals surface area (Å²) in [6, 6.07) is 1.96. The number of rotatable bonds is 6. The zero-order valence-corrected chi connectivity index (χ0v) is 17.5. The van der Waals surface area contributed by atoms with Gasteiger partial charge in [0.2, 0.25) is 11.6 Å². The third kappa shape index (κ3) is 4.89. The number of hydrogen-bond acceptors (Lipinski definition) is 10. The molecule has 31 heavy (non-hydrogen) atoms. The molecule has 2 aliphatic rings. The third-order valence-electron chi connectivity index (χ3n) is 5.68. The van der Waals surface area contributed by atoms with Crippen LogP contribution in [0.15, 0.2) is 27.5 Å². The van der Waals surface area contributed by atoms with Crippen LogP contribution in [0.3, 0.4) is 0 Å². The fraction of sp³-hybridized carbons (Fsp3) is 0.550. The number of carbonyl (C=O) groups excluding carboxylic acids is 2. The van der Waals surface area contributed by atoms with Crippen LogP contribution in [0.25, 0.3) is 11.1 Å². The molecule has 0 aliphatic carbocycles. The average molecular weight is 430 g/mol. The number of Topliss-reactive ketones (excluding diaryl/α,β-unsaturated/α-hetero) is 1. The normalized spacial score (nSPS) is 23.7. The summed E-state index contributed by atoms with van der Waals surface area (Å²) in [5, 5.41) is 6.39. The summed E-state index contributed by atoms with van der Waals surface area (Å²) >= 11 is 0. The van der Waals surface area contributed by atoms with Gasteiger partial charge in [-0.2, -0.15) is 4.98 Å². The minimum atomic E-state index is -0.805. The second-order valence-electron chi connectivity index (χ2n) is 7.95. The Labute approximate surface area is 178 Å². The maximum Gasteiger partial charge on any atom is 0.442 e. The summed E-state index contributed by atoms with van der Waals surface area (Å²) in [6.07, 6.45) is 1.11. The van der Waals surface area contributed by atoms with E-state index in [4.69, 9.17) is 9.15 Å². The molecule has 11 heteroatoms. The summed E-state index contributed by atoms with van der Waals surface area (Å²) in [4.78, 5) is 49.6. The van der Waals surface area contributed by atoms with Crippen molar-refractivity contribution in [1.82, 2.24) is 25.1 Å². The van der Waals surface area contributed by atoms with Crippen LogP contribution in [0.2, 0.25) is 0 Å². The highest BCUT2D eigenvalue weighted by Crippen LogP contribution is 2.19. The molecule has 0 spiro atoms. The van der Waals surface area contributed by atoms with Gasteiger partial charge < -0.3 is 24.7 Å². The lowest BCUT2D eigenvalue weighted by molar-refractivity contribution is -0.127. The molecule has 3 unspecified atom stereocenters. The summed E-state index contributed by atoms with van der Waals surface area (Å²) in [5.41, 5.74) is 0.136. The van der Waals surface area contributed by atoms with Crippen molar-refractivity contribution in [3.8, 4) is 0 Å². The highest BCUT2D eigenvalue weighted by Gasteiger charge is 2.36. The summed E-state index contributed by atoms with van der Waals surface area (Å²) in [7, 11) is 2.05. The van der Waals surface area contributed by atoms with Crippen LogP contribution < -0.4 is 16.4 Å². The molecule has 4 heterocycles. The number of ketones is 1. The molecule has 11 nitrogen and oxygen atoms in total. The standard InChI is InChI=1S/C20H26N6O5/c1-12-16(15(27)11-30-12)23-18(28)14(10-26-8-6-25(2)7-9-26)22-17-13-4-3-5-21-19(13)31-20(29)24-17/h3-5,12,14,16H,6-11H2,1-2H3,(H,23,28)(H,22,24,29). The molecule has 0 radical (unpaired) electrons. The molecular formula is C20H26N6O5. The summed E-state index contributed by atoms with van der Waals surface area (Å²) in [6.45, 7) is 5.51. The second kappa shape index (κ2) is 9.08. The Morgan fingerprint density at radius 3 is 2.77 bits per heavy atom. The van der Waals surface area contributed by atoms with E-state index in [0.29, 0.717) is 11.9 Å². The number of pyridine rings is 1. The quantitative estimate of drug-likeness (QED) is 0.594. The van der Waals surface area contributed by atoms with E-state index in [1.165, 1.54) is 6.20 Å². The van der Waals surface area contributed by atoms with Crippen molar-refractivity contribution in [3.63, 3.8) is 0 Å². The highest BCUT2D eigenvalue weighted by atomic mass is 16.5. The van der Waals surface area contributed by atoms with Crippen molar-refractivity contribution >= 4 is 28.6 Å². The first-order chi connectivity index (χ1) is 14.9. The van der Waals surface area contributed by atoms with Crippen molar-refractivity contribution in [2.45, 2.75) is 25.1 Å². The van der Waals surface area contributed by atoms with Gasteiger partial charge in [0.1, 0.15) is 24.5 Å². The molecule has 3 atom stereocenters. The van der Waals surface area contributed by atoms with Crippen molar-refractivity contribution in [2.75, 3.05) is 51.7 Å². The van der Waals surface area contributed by atoms with Gasteiger partial charge in [0.25, 0.3) is 0 Å². The van der Waals surface area contributed by atoms with Crippen LogP contribution >= 0.6 is 0 Å². The predicted octanol–water partition coefficient (Wildman–Crippen LogP) is -0.916. The molecule has 1 amide bonds. The number of carbonyl (C=O) groups is 2. The fourth-order valence-corrected chi connectivity index (χ4v) is 3.78. The fourth-order valence-electron chi connectivity index (χ4n) is 3.78. The number of amides is 1. The lowest BCUT2D eigenvalue weighted by Gasteiger charge is -2.34. The van der Waals surface area contributed by atoms with Gasteiger partial charge in [-0.1, -0.05) is 0 Å². The summed E-state index contributed by atoms with van der Waals surface area (Å²) in [5.74, 6) is -1.11. The molecule has 0 aromatic carbocycles. The smallest absolute Gasteiger partial charge is 0.389 e. The predicted molar refractivity (Wildman–Crippen MR) is 112 cm³/mol. The van der Waals surface area contributed by atoms with E-state index in [1.54, 1.807) is 19.1 Å². The molecule has 2 aliphatic heterocycles. The lowest BCUT2D eigenvalue weighted by Crippen LogP contribution is -2.55. The lowest BCUT2D eigenvalue weighted by atomic mass is 10.1. The number of piperazine rings is 1. The number of hydrogen-bond donors (Lipinski definition) is 2.